The fourth-order valence-electron chi connectivity index (χ4n) is 2.37. The maximum absolute atomic E-state index is 10.6. The third-order valence-electron chi connectivity index (χ3n) is 4.01. The number of carboxylic acids is 1. The molecular weight excluding hydrogens is 358 g/mol. The Hall–Kier alpha value is -1.72. The zero-order valence-corrected chi connectivity index (χ0v) is 15.4. The molecule has 3 rings (SSSR count). The van der Waals surface area contributed by atoms with Crippen molar-refractivity contribution >= 4 is 29.3 Å². The van der Waals surface area contributed by atoms with Gasteiger partial charge in [-0.1, -0.05) is 23.7 Å². The van der Waals surface area contributed by atoms with E-state index in [4.69, 9.17) is 21.4 Å². The van der Waals surface area contributed by atoms with E-state index in [1.54, 1.807) is 23.9 Å². The van der Waals surface area contributed by atoms with E-state index in [-0.39, 0.29) is 6.42 Å². The SMILES string of the molecule is O=C(O)CCc1ccc(OCc2cccnc2SCC2CC2)c(Cl)c1. The molecule has 0 radical (unpaired) electrons. The number of aromatic nitrogens is 1. The lowest BCUT2D eigenvalue weighted by atomic mass is 10.1. The van der Waals surface area contributed by atoms with Crippen LogP contribution < -0.4 is 4.74 Å². The summed E-state index contributed by atoms with van der Waals surface area (Å²) in [6, 6.07) is 9.36. The van der Waals surface area contributed by atoms with E-state index in [1.807, 2.05) is 24.4 Å². The van der Waals surface area contributed by atoms with Gasteiger partial charge in [-0.15, -0.1) is 11.8 Å². The van der Waals surface area contributed by atoms with Crippen molar-refractivity contribution in [3.8, 4) is 5.75 Å². The summed E-state index contributed by atoms with van der Waals surface area (Å²) in [6.07, 6.45) is 5.02. The first-order valence-electron chi connectivity index (χ1n) is 8.31. The molecule has 0 saturated heterocycles. The quantitative estimate of drug-likeness (QED) is 0.634. The molecular formula is C19H20ClNO3S. The van der Waals surface area contributed by atoms with Gasteiger partial charge in [0.2, 0.25) is 0 Å². The zero-order chi connectivity index (χ0) is 17.6. The van der Waals surface area contributed by atoms with Crippen LogP contribution in [0.2, 0.25) is 5.02 Å². The van der Waals surface area contributed by atoms with Gasteiger partial charge in [0, 0.05) is 23.9 Å². The smallest absolute Gasteiger partial charge is 0.303 e. The van der Waals surface area contributed by atoms with Gasteiger partial charge >= 0.3 is 5.97 Å². The first kappa shape index (κ1) is 18.1. The zero-order valence-electron chi connectivity index (χ0n) is 13.8. The Labute approximate surface area is 156 Å². The van der Waals surface area contributed by atoms with Crippen molar-refractivity contribution in [2.45, 2.75) is 37.3 Å². The van der Waals surface area contributed by atoms with Crippen molar-refractivity contribution in [2.75, 3.05) is 5.75 Å². The van der Waals surface area contributed by atoms with E-state index in [0.29, 0.717) is 23.8 Å². The van der Waals surface area contributed by atoms with Crippen LogP contribution in [0.15, 0.2) is 41.6 Å². The molecule has 1 N–H and O–H groups in total. The van der Waals surface area contributed by atoms with Crippen LogP contribution in [0.5, 0.6) is 5.75 Å². The van der Waals surface area contributed by atoms with Crippen LogP contribution in [0.25, 0.3) is 0 Å². The fourth-order valence-corrected chi connectivity index (χ4v) is 3.80. The van der Waals surface area contributed by atoms with Gasteiger partial charge in [0.15, 0.2) is 0 Å². The van der Waals surface area contributed by atoms with Crippen LogP contribution in [0.4, 0.5) is 0 Å². The fraction of sp³-hybridized carbons (Fsp3) is 0.368. The Kier molecular flexibility index (Phi) is 6.21. The minimum Gasteiger partial charge on any atom is -0.487 e. The lowest BCUT2D eigenvalue weighted by Crippen LogP contribution is -2.01. The van der Waals surface area contributed by atoms with Gasteiger partial charge in [0.25, 0.3) is 0 Å². The minimum atomic E-state index is -0.816. The number of ether oxygens (including phenoxy) is 1. The topological polar surface area (TPSA) is 59.4 Å². The monoisotopic (exact) mass is 377 g/mol. The molecule has 6 heteroatoms. The summed E-state index contributed by atoms with van der Waals surface area (Å²) in [6.45, 7) is 0.412. The molecule has 1 heterocycles. The van der Waals surface area contributed by atoms with Crippen LogP contribution in [0.3, 0.4) is 0 Å². The van der Waals surface area contributed by atoms with Crippen LogP contribution in [-0.4, -0.2) is 21.8 Å². The second kappa shape index (κ2) is 8.59. The van der Waals surface area contributed by atoms with E-state index in [2.05, 4.69) is 4.98 Å². The average molecular weight is 378 g/mol. The summed E-state index contributed by atoms with van der Waals surface area (Å²) in [5.74, 6) is 1.74. The molecule has 1 saturated carbocycles. The van der Waals surface area contributed by atoms with Crippen LogP contribution in [0, 0.1) is 5.92 Å². The first-order valence-corrected chi connectivity index (χ1v) is 9.68. The Balaban J connectivity index is 1.60. The molecule has 132 valence electrons. The number of carbonyl (C=O) groups is 1. The van der Waals surface area contributed by atoms with Crippen molar-refractivity contribution in [1.29, 1.82) is 0 Å². The molecule has 2 aromatic rings. The molecule has 1 aliphatic rings. The van der Waals surface area contributed by atoms with Gasteiger partial charge in [0.1, 0.15) is 17.4 Å². The normalized spacial score (nSPS) is 13.6. The number of halogens is 1. The standard InChI is InChI=1S/C19H20ClNO3S/c20-16-10-13(6-8-18(22)23)5-7-17(16)24-11-15-2-1-9-21-19(15)25-12-14-3-4-14/h1-2,5,7,9-10,14H,3-4,6,8,11-12H2,(H,22,23). The molecule has 1 aromatic heterocycles. The number of hydrogen-bond acceptors (Lipinski definition) is 4. The van der Waals surface area contributed by atoms with Gasteiger partial charge in [0.05, 0.1) is 5.02 Å². The number of pyridine rings is 1. The van der Waals surface area contributed by atoms with E-state index < -0.39 is 5.97 Å². The summed E-state index contributed by atoms with van der Waals surface area (Å²) >= 11 is 8.06. The molecule has 0 amide bonds. The van der Waals surface area contributed by atoms with E-state index >= 15 is 0 Å². The summed E-state index contributed by atoms with van der Waals surface area (Å²) in [5.41, 5.74) is 1.95. The Bertz CT molecular complexity index is 749. The largest absolute Gasteiger partial charge is 0.487 e. The number of hydrogen-bond donors (Lipinski definition) is 1. The molecule has 4 nitrogen and oxygen atoms in total. The van der Waals surface area contributed by atoms with Gasteiger partial charge < -0.3 is 9.84 Å². The number of aliphatic carboxylic acids is 1. The van der Waals surface area contributed by atoms with E-state index in [9.17, 15) is 4.79 Å². The molecule has 0 spiro atoms. The van der Waals surface area contributed by atoms with Gasteiger partial charge in [-0.25, -0.2) is 4.98 Å². The molecule has 1 fully saturated rings. The summed E-state index contributed by atoms with van der Waals surface area (Å²) in [5, 5.41) is 10.3. The molecule has 1 aromatic carbocycles. The lowest BCUT2D eigenvalue weighted by molar-refractivity contribution is -0.136. The molecule has 0 atom stereocenters. The number of carboxylic acid groups (broad SMARTS) is 1. The minimum absolute atomic E-state index is 0.0911. The first-order chi connectivity index (χ1) is 12.1. The molecule has 0 bridgehead atoms. The second-order valence-electron chi connectivity index (χ2n) is 6.17. The second-order valence-corrected chi connectivity index (χ2v) is 7.59. The number of nitrogens with zero attached hydrogens (tertiary/aromatic N) is 1. The number of aryl methyl sites for hydroxylation is 1. The number of benzene rings is 1. The molecule has 0 unspecified atom stereocenters. The highest BCUT2D eigenvalue weighted by Crippen LogP contribution is 2.35. The van der Waals surface area contributed by atoms with Crippen molar-refractivity contribution in [2.24, 2.45) is 5.92 Å². The number of rotatable bonds is 9. The summed E-state index contributed by atoms with van der Waals surface area (Å²) in [4.78, 5) is 15.1. The lowest BCUT2D eigenvalue weighted by Gasteiger charge is -2.12. The van der Waals surface area contributed by atoms with Crippen LogP contribution in [-0.2, 0) is 17.8 Å². The molecule has 25 heavy (non-hydrogen) atoms. The van der Waals surface area contributed by atoms with Crippen molar-refractivity contribution in [1.82, 2.24) is 4.98 Å². The summed E-state index contributed by atoms with van der Waals surface area (Å²) in [7, 11) is 0. The Morgan fingerprint density at radius 1 is 1.36 bits per heavy atom. The third-order valence-corrected chi connectivity index (χ3v) is 5.58. The highest BCUT2D eigenvalue weighted by atomic mass is 35.5. The van der Waals surface area contributed by atoms with Gasteiger partial charge in [-0.3, -0.25) is 4.79 Å². The van der Waals surface area contributed by atoms with Gasteiger partial charge in [-0.2, -0.15) is 0 Å². The van der Waals surface area contributed by atoms with E-state index in [1.165, 1.54) is 12.8 Å². The maximum Gasteiger partial charge on any atom is 0.303 e. The van der Waals surface area contributed by atoms with Crippen molar-refractivity contribution in [3.05, 3.63) is 52.7 Å². The third kappa shape index (κ3) is 5.65. The van der Waals surface area contributed by atoms with E-state index in [0.717, 1.165) is 27.8 Å². The van der Waals surface area contributed by atoms with Gasteiger partial charge in [-0.05, 0) is 48.9 Å². The molecule has 1 aliphatic carbocycles. The Morgan fingerprint density at radius 3 is 2.92 bits per heavy atom. The van der Waals surface area contributed by atoms with Crippen molar-refractivity contribution < 1.29 is 14.6 Å². The predicted octanol–water partition coefficient (Wildman–Crippen LogP) is 4.83. The summed E-state index contributed by atoms with van der Waals surface area (Å²) < 4.78 is 5.86. The highest BCUT2D eigenvalue weighted by Gasteiger charge is 2.22. The molecule has 0 aliphatic heterocycles. The average Bonchev–Trinajstić information content (AvgIpc) is 3.42. The highest BCUT2D eigenvalue weighted by molar-refractivity contribution is 7.99. The van der Waals surface area contributed by atoms with Crippen molar-refractivity contribution in [3.63, 3.8) is 0 Å². The maximum atomic E-state index is 10.6. The van der Waals surface area contributed by atoms with Crippen LogP contribution >= 0.6 is 23.4 Å². The predicted molar refractivity (Wildman–Crippen MR) is 99.4 cm³/mol. The van der Waals surface area contributed by atoms with Crippen LogP contribution in [0.1, 0.15) is 30.4 Å². The number of thioether (sulfide) groups is 1. The Morgan fingerprint density at radius 2 is 2.20 bits per heavy atom.